The number of hydrogen-bond donors (Lipinski definition) is 2. The molecule has 1 aromatic carbocycles. The van der Waals surface area contributed by atoms with Gasteiger partial charge in [-0.2, -0.15) is 0 Å². The zero-order chi connectivity index (χ0) is 19.8. The van der Waals surface area contributed by atoms with Gasteiger partial charge in [0.2, 0.25) is 0 Å². The molecule has 0 saturated heterocycles. The van der Waals surface area contributed by atoms with Crippen molar-refractivity contribution in [1.29, 1.82) is 0 Å². The summed E-state index contributed by atoms with van der Waals surface area (Å²) in [6.45, 7) is 3.44. The molecule has 1 heterocycles. The lowest BCUT2D eigenvalue weighted by Crippen LogP contribution is -2.29. The van der Waals surface area contributed by atoms with Crippen LogP contribution in [-0.2, 0) is 6.42 Å². The van der Waals surface area contributed by atoms with Gasteiger partial charge in [0.25, 0.3) is 0 Å². The van der Waals surface area contributed by atoms with E-state index in [4.69, 9.17) is 17.0 Å². The number of thiocarbonyl (C=S) groups is 1. The summed E-state index contributed by atoms with van der Waals surface area (Å²) in [5.74, 6) is 1.96. The third kappa shape index (κ3) is 5.61. The monoisotopic (exact) mass is 419 g/mol. The van der Waals surface area contributed by atoms with Gasteiger partial charge in [0.05, 0.1) is 6.61 Å². The fourth-order valence-corrected chi connectivity index (χ4v) is 4.36. The number of rotatable bonds is 9. The smallest absolute Gasteiger partial charge is 0.191 e. The summed E-state index contributed by atoms with van der Waals surface area (Å²) in [4.78, 5) is 0. The van der Waals surface area contributed by atoms with E-state index in [1.165, 1.54) is 25.7 Å². The highest BCUT2D eigenvalue weighted by Gasteiger charge is 2.23. The Morgan fingerprint density at radius 2 is 2.00 bits per heavy atom. The Bertz CT molecular complexity index is 756. The first-order valence-corrected chi connectivity index (χ1v) is 11.6. The SMILES string of the molecule is CCOc1ccc(NC(=S)NCCCc2nnc(SC)n2C2CCCC2)cc1. The molecule has 0 spiro atoms. The van der Waals surface area contributed by atoms with Crippen LogP contribution in [0.5, 0.6) is 5.75 Å². The quantitative estimate of drug-likeness (QED) is 0.354. The molecule has 6 nitrogen and oxygen atoms in total. The first kappa shape index (κ1) is 20.9. The molecule has 0 unspecified atom stereocenters. The molecular weight excluding hydrogens is 390 g/mol. The van der Waals surface area contributed by atoms with E-state index in [0.717, 1.165) is 41.8 Å². The first-order valence-electron chi connectivity index (χ1n) is 9.96. The Morgan fingerprint density at radius 3 is 2.68 bits per heavy atom. The van der Waals surface area contributed by atoms with E-state index in [1.807, 2.05) is 31.2 Å². The molecule has 0 aliphatic heterocycles. The summed E-state index contributed by atoms with van der Waals surface area (Å²) in [5.41, 5.74) is 0.951. The number of benzene rings is 1. The minimum absolute atomic E-state index is 0.572. The van der Waals surface area contributed by atoms with E-state index in [-0.39, 0.29) is 0 Å². The summed E-state index contributed by atoms with van der Waals surface area (Å²) in [7, 11) is 0. The van der Waals surface area contributed by atoms with E-state index in [9.17, 15) is 0 Å². The van der Waals surface area contributed by atoms with E-state index in [2.05, 4.69) is 31.7 Å². The van der Waals surface area contributed by atoms with Gasteiger partial charge >= 0.3 is 0 Å². The average Bonchev–Trinajstić information content (AvgIpc) is 3.36. The number of aromatic nitrogens is 3. The van der Waals surface area contributed by atoms with Gasteiger partial charge in [-0.25, -0.2) is 0 Å². The van der Waals surface area contributed by atoms with E-state index in [0.29, 0.717) is 17.8 Å². The zero-order valence-electron chi connectivity index (χ0n) is 16.6. The normalized spacial score (nSPS) is 14.2. The Balaban J connectivity index is 1.44. The molecule has 0 amide bonds. The maximum Gasteiger partial charge on any atom is 0.191 e. The Morgan fingerprint density at radius 1 is 1.25 bits per heavy atom. The van der Waals surface area contributed by atoms with Crippen molar-refractivity contribution in [3.8, 4) is 5.75 Å². The van der Waals surface area contributed by atoms with Gasteiger partial charge in [-0.1, -0.05) is 24.6 Å². The van der Waals surface area contributed by atoms with Crippen LogP contribution >= 0.6 is 24.0 Å². The van der Waals surface area contributed by atoms with Crippen molar-refractivity contribution in [2.45, 2.75) is 56.6 Å². The van der Waals surface area contributed by atoms with Crippen LogP contribution < -0.4 is 15.4 Å². The molecule has 2 aromatic rings. The molecule has 0 bridgehead atoms. The number of nitrogens with one attached hydrogen (secondary N) is 2. The number of thioether (sulfide) groups is 1. The molecule has 1 fully saturated rings. The van der Waals surface area contributed by atoms with Crippen LogP contribution in [0.3, 0.4) is 0 Å². The van der Waals surface area contributed by atoms with Crippen molar-refractivity contribution in [2.75, 3.05) is 24.7 Å². The molecule has 1 saturated carbocycles. The van der Waals surface area contributed by atoms with Crippen LogP contribution in [0.4, 0.5) is 5.69 Å². The van der Waals surface area contributed by atoms with Crippen molar-refractivity contribution < 1.29 is 4.74 Å². The van der Waals surface area contributed by atoms with E-state index < -0.39 is 0 Å². The molecular formula is C20H29N5OS2. The van der Waals surface area contributed by atoms with Crippen molar-refractivity contribution >= 4 is 34.8 Å². The summed E-state index contributed by atoms with van der Waals surface area (Å²) in [6.07, 6.45) is 9.05. The largest absolute Gasteiger partial charge is 0.494 e. The van der Waals surface area contributed by atoms with Gasteiger partial charge in [0, 0.05) is 24.7 Å². The van der Waals surface area contributed by atoms with Gasteiger partial charge in [0.1, 0.15) is 11.6 Å². The molecule has 28 heavy (non-hydrogen) atoms. The molecule has 0 radical (unpaired) electrons. The summed E-state index contributed by atoms with van der Waals surface area (Å²) >= 11 is 7.08. The van der Waals surface area contributed by atoms with Crippen LogP contribution in [-0.4, -0.2) is 39.3 Å². The molecule has 1 aliphatic rings. The van der Waals surface area contributed by atoms with Crippen LogP contribution in [0, 0.1) is 0 Å². The minimum Gasteiger partial charge on any atom is -0.494 e. The topological polar surface area (TPSA) is 64.0 Å². The molecule has 2 N–H and O–H groups in total. The lowest BCUT2D eigenvalue weighted by atomic mass is 10.2. The number of aryl methyl sites for hydroxylation is 1. The molecule has 8 heteroatoms. The third-order valence-electron chi connectivity index (χ3n) is 4.89. The summed E-state index contributed by atoms with van der Waals surface area (Å²) in [6, 6.07) is 8.38. The predicted octanol–water partition coefficient (Wildman–Crippen LogP) is 4.43. The third-order valence-corrected chi connectivity index (χ3v) is 5.78. The van der Waals surface area contributed by atoms with E-state index >= 15 is 0 Å². The molecule has 0 atom stereocenters. The maximum atomic E-state index is 5.45. The summed E-state index contributed by atoms with van der Waals surface area (Å²) < 4.78 is 7.82. The standard InChI is InChI=1S/C20H29N5OS2/c1-3-26-17-12-10-15(11-13-17)22-19(27)21-14-6-9-18-23-24-20(28-2)25(18)16-7-4-5-8-16/h10-13,16H,3-9,14H2,1-2H3,(H2,21,22,27). The highest BCUT2D eigenvalue weighted by atomic mass is 32.2. The second-order valence-corrected chi connectivity index (χ2v) is 8.03. The predicted molar refractivity (Wildman–Crippen MR) is 119 cm³/mol. The highest BCUT2D eigenvalue weighted by molar-refractivity contribution is 7.98. The fraction of sp³-hybridized carbons (Fsp3) is 0.550. The van der Waals surface area contributed by atoms with Crippen molar-refractivity contribution in [3.63, 3.8) is 0 Å². The van der Waals surface area contributed by atoms with Crippen LogP contribution in [0.2, 0.25) is 0 Å². The zero-order valence-corrected chi connectivity index (χ0v) is 18.2. The van der Waals surface area contributed by atoms with Gasteiger partial charge in [-0.3, -0.25) is 0 Å². The maximum absolute atomic E-state index is 5.45. The second kappa shape index (κ2) is 10.7. The van der Waals surface area contributed by atoms with E-state index in [1.54, 1.807) is 11.8 Å². The Labute approximate surface area is 176 Å². The molecule has 3 rings (SSSR count). The van der Waals surface area contributed by atoms with Crippen molar-refractivity contribution in [2.24, 2.45) is 0 Å². The van der Waals surface area contributed by atoms with Crippen LogP contribution in [0.25, 0.3) is 0 Å². The fourth-order valence-electron chi connectivity index (χ4n) is 3.57. The molecule has 1 aromatic heterocycles. The lowest BCUT2D eigenvalue weighted by molar-refractivity contribution is 0.340. The lowest BCUT2D eigenvalue weighted by Gasteiger charge is -2.16. The first-order chi connectivity index (χ1) is 13.7. The Kier molecular flexibility index (Phi) is 7.97. The average molecular weight is 420 g/mol. The van der Waals surface area contributed by atoms with Crippen molar-refractivity contribution in [1.82, 2.24) is 20.1 Å². The van der Waals surface area contributed by atoms with Crippen LogP contribution in [0.15, 0.2) is 29.4 Å². The molecule has 152 valence electrons. The van der Waals surface area contributed by atoms with Gasteiger partial charge in [-0.05, 0) is 68.9 Å². The Hall–Kier alpha value is -1.80. The molecule has 1 aliphatic carbocycles. The minimum atomic E-state index is 0.572. The highest BCUT2D eigenvalue weighted by Crippen LogP contribution is 2.33. The number of ether oxygens (including phenoxy) is 1. The number of anilines is 1. The van der Waals surface area contributed by atoms with Gasteiger partial charge in [0.15, 0.2) is 10.3 Å². The number of nitrogens with zero attached hydrogens (tertiary/aromatic N) is 3. The number of hydrogen-bond acceptors (Lipinski definition) is 5. The van der Waals surface area contributed by atoms with Gasteiger partial charge < -0.3 is 19.9 Å². The van der Waals surface area contributed by atoms with Crippen LogP contribution in [0.1, 0.15) is 50.9 Å². The second-order valence-electron chi connectivity index (χ2n) is 6.85. The van der Waals surface area contributed by atoms with Gasteiger partial charge in [-0.15, -0.1) is 10.2 Å². The van der Waals surface area contributed by atoms with Crippen molar-refractivity contribution in [3.05, 3.63) is 30.1 Å². The summed E-state index contributed by atoms with van der Waals surface area (Å²) in [5, 5.41) is 17.0.